The van der Waals surface area contributed by atoms with Crippen molar-refractivity contribution in [2.45, 2.75) is 26.8 Å². The minimum atomic E-state index is -0.342. The molecule has 4 rings (SSSR count). The predicted molar refractivity (Wildman–Crippen MR) is 156 cm³/mol. The van der Waals surface area contributed by atoms with Gasteiger partial charge in [0.05, 0.1) is 24.5 Å². The molecule has 40 heavy (non-hydrogen) atoms. The molecule has 1 aromatic heterocycles. The van der Waals surface area contributed by atoms with Crippen molar-refractivity contribution in [3.05, 3.63) is 95.6 Å². The zero-order chi connectivity index (χ0) is 28.8. The number of benzene rings is 2. The molecule has 0 saturated heterocycles. The van der Waals surface area contributed by atoms with Gasteiger partial charge in [0.1, 0.15) is 11.6 Å². The standard InChI is InChI=1S/C31H32FN5O3/c1-19(2)29(30(38)35-24-10-13-28(34-18-24)40-26-11-8-23(32)9-12-26)27-15-21(7-6-20(27)3)22-14-25(17-33-16-22)36-31(39)37(4)5/h6-17,24H,18H2,1-5H3,(H,35,38)(H,36,39). The van der Waals surface area contributed by atoms with E-state index in [1.54, 1.807) is 32.6 Å². The number of aliphatic imine (C=N–C) groups is 1. The summed E-state index contributed by atoms with van der Waals surface area (Å²) in [7, 11) is 3.34. The van der Waals surface area contributed by atoms with Gasteiger partial charge in [0.15, 0.2) is 0 Å². The Morgan fingerprint density at radius 2 is 1.77 bits per heavy atom. The fourth-order valence-corrected chi connectivity index (χ4v) is 4.12. The number of urea groups is 1. The van der Waals surface area contributed by atoms with E-state index in [1.165, 1.54) is 29.2 Å². The van der Waals surface area contributed by atoms with Crippen LogP contribution in [-0.2, 0) is 4.79 Å². The molecule has 206 valence electrons. The number of carbonyl (C=O) groups is 2. The van der Waals surface area contributed by atoms with Crippen LogP contribution >= 0.6 is 0 Å². The average molecular weight is 542 g/mol. The Morgan fingerprint density at radius 3 is 2.42 bits per heavy atom. The largest absolute Gasteiger partial charge is 0.439 e. The van der Waals surface area contributed by atoms with E-state index in [0.717, 1.165) is 27.8 Å². The first kappa shape index (κ1) is 28.2. The lowest BCUT2D eigenvalue weighted by atomic mass is 9.92. The highest BCUT2D eigenvalue weighted by atomic mass is 19.1. The first-order chi connectivity index (χ1) is 19.1. The Hall–Kier alpha value is -4.79. The molecule has 1 atom stereocenters. The first-order valence-corrected chi connectivity index (χ1v) is 12.8. The number of carbonyl (C=O) groups excluding carboxylic acids is 2. The van der Waals surface area contributed by atoms with Gasteiger partial charge < -0.3 is 20.3 Å². The van der Waals surface area contributed by atoms with Crippen molar-refractivity contribution < 1.29 is 18.7 Å². The summed E-state index contributed by atoms with van der Waals surface area (Å²) in [6, 6.07) is 12.9. The maximum atomic E-state index is 13.5. The zero-order valence-electron chi connectivity index (χ0n) is 23.2. The number of hydrogen-bond donors (Lipinski definition) is 2. The molecule has 3 amide bonds. The van der Waals surface area contributed by atoms with E-state index < -0.39 is 0 Å². The number of ether oxygens (including phenoxy) is 1. The van der Waals surface area contributed by atoms with E-state index in [2.05, 4.69) is 20.6 Å². The highest BCUT2D eigenvalue weighted by molar-refractivity contribution is 6.21. The van der Waals surface area contributed by atoms with Crippen molar-refractivity contribution in [1.82, 2.24) is 15.2 Å². The molecule has 1 unspecified atom stereocenters. The molecule has 2 N–H and O–H groups in total. The summed E-state index contributed by atoms with van der Waals surface area (Å²) in [4.78, 5) is 35.7. The quantitative estimate of drug-likeness (QED) is 0.396. The normalized spacial score (nSPS) is 14.2. The molecule has 1 aliphatic rings. The maximum Gasteiger partial charge on any atom is 0.321 e. The molecule has 0 saturated carbocycles. The molecule has 0 aliphatic carbocycles. The zero-order valence-corrected chi connectivity index (χ0v) is 23.2. The topological polar surface area (TPSA) is 95.9 Å². The number of aryl methyl sites for hydroxylation is 1. The average Bonchev–Trinajstić information content (AvgIpc) is 2.92. The van der Waals surface area contributed by atoms with Crippen LogP contribution < -0.4 is 15.4 Å². The molecule has 0 spiro atoms. The van der Waals surface area contributed by atoms with Crippen molar-refractivity contribution in [2.75, 3.05) is 26.0 Å². The van der Waals surface area contributed by atoms with Gasteiger partial charge in [0, 0.05) is 31.4 Å². The molecule has 9 heteroatoms. The number of halogens is 1. The van der Waals surface area contributed by atoms with Crippen molar-refractivity contribution >= 4 is 29.1 Å². The molecular weight excluding hydrogens is 509 g/mol. The van der Waals surface area contributed by atoms with Crippen LogP contribution in [0.1, 0.15) is 25.0 Å². The molecule has 2 heterocycles. The van der Waals surface area contributed by atoms with E-state index >= 15 is 0 Å². The van der Waals surface area contributed by atoms with Crippen LogP contribution in [0.3, 0.4) is 0 Å². The van der Waals surface area contributed by atoms with Crippen LogP contribution in [0.2, 0.25) is 0 Å². The maximum absolute atomic E-state index is 13.5. The van der Waals surface area contributed by atoms with Crippen LogP contribution in [0.4, 0.5) is 14.9 Å². The summed E-state index contributed by atoms with van der Waals surface area (Å²) in [6.45, 7) is 6.09. The second-order valence-corrected chi connectivity index (χ2v) is 9.87. The highest BCUT2D eigenvalue weighted by Gasteiger charge is 2.21. The highest BCUT2D eigenvalue weighted by Crippen LogP contribution is 2.29. The van der Waals surface area contributed by atoms with Crippen molar-refractivity contribution in [1.29, 1.82) is 0 Å². The van der Waals surface area contributed by atoms with Gasteiger partial charge in [-0.2, -0.15) is 0 Å². The third-order valence-electron chi connectivity index (χ3n) is 6.23. The summed E-state index contributed by atoms with van der Waals surface area (Å²) in [5.41, 5.74) is 5.45. The first-order valence-electron chi connectivity index (χ1n) is 12.8. The molecule has 3 aromatic rings. The van der Waals surface area contributed by atoms with Gasteiger partial charge in [-0.1, -0.05) is 23.8 Å². The summed E-state index contributed by atoms with van der Waals surface area (Å²) in [6.07, 6.45) is 6.83. The number of anilines is 1. The number of amides is 3. The van der Waals surface area contributed by atoms with Crippen LogP contribution in [0, 0.1) is 12.7 Å². The van der Waals surface area contributed by atoms with Gasteiger partial charge in [0.25, 0.3) is 5.91 Å². The van der Waals surface area contributed by atoms with Gasteiger partial charge in [-0.15, -0.1) is 0 Å². The lowest BCUT2D eigenvalue weighted by Gasteiger charge is -2.20. The van der Waals surface area contributed by atoms with Crippen LogP contribution in [-0.4, -0.2) is 54.4 Å². The number of aromatic nitrogens is 1. The molecule has 1 aliphatic heterocycles. The molecule has 0 bridgehead atoms. The van der Waals surface area contributed by atoms with Crippen molar-refractivity contribution in [2.24, 2.45) is 4.99 Å². The second-order valence-electron chi connectivity index (χ2n) is 9.87. The number of rotatable bonds is 6. The van der Waals surface area contributed by atoms with E-state index in [1.807, 2.05) is 51.1 Å². The minimum Gasteiger partial charge on any atom is -0.439 e. The number of allylic oxidation sites excluding steroid dienone is 1. The van der Waals surface area contributed by atoms with Crippen LogP contribution in [0.15, 0.2) is 83.6 Å². The number of pyridine rings is 1. The van der Waals surface area contributed by atoms with Gasteiger partial charge in [-0.25, -0.2) is 14.2 Å². The SMILES string of the molecule is CC(C)=C(C(=O)NC1C=CC(Oc2ccc(F)cc2)=NC1)c1cc(-c2cncc(NC(=O)N(C)C)c2)ccc1C. The Balaban J connectivity index is 1.50. The Bertz CT molecular complexity index is 1510. The van der Waals surface area contributed by atoms with Gasteiger partial charge in [0.2, 0.25) is 5.90 Å². The third-order valence-corrected chi connectivity index (χ3v) is 6.23. The number of nitrogens with zero attached hydrogens (tertiary/aromatic N) is 3. The van der Waals surface area contributed by atoms with E-state index in [0.29, 0.717) is 29.5 Å². The van der Waals surface area contributed by atoms with E-state index in [4.69, 9.17) is 4.74 Å². The van der Waals surface area contributed by atoms with Crippen LogP contribution in [0.5, 0.6) is 5.75 Å². The number of dihydropyridines is 1. The fourth-order valence-electron chi connectivity index (χ4n) is 4.12. The summed E-state index contributed by atoms with van der Waals surface area (Å²) in [5, 5.41) is 5.87. The number of hydrogen-bond acceptors (Lipinski definition) is 5. The predicted octanol–water partition coefficient (Wildman–Crippen LogP) is 5.62. The van der Waals surface area contributed by atoms with Crippen molar-refractivity contribution in [3.8, 4) is 16.9 Å². The molecule has 0 radical (unpaired) electrons. The Kier molecular flexibility index (Phi) is 8.73. The lowest BCUT2D eigenvalue weighted by Crippen LogP contribution is -2.38. The molecule has 2 aromatic carbocycles. The molecule has 8 nitrogen and oxygen atoms in total. The van der Waals surface area contributed by atoms with Crippen LogP contribution in [0.25, 0.3) is 16.7 Å². The third kappa shape index (κ3) is 6.99. The summed E-state index contributed by atoms with van der Waals surface area (Å²) >= 11 is 0. The Labute approximate surface area is 233 Å². The van der Waals surface area contributed by atoms with Gasteiger partial charge >= 0.3 is 6.03 Å². The van der Waals surface area contributed by atoms with E-state index in [9.17, 15) is 14.0 Å². The smallest absolute Gasteiger partial charge is 0.321 e. The molecular formula is C31H32FN5O3. The number of nitrogens with one attached hydrogen (secondary N) is 2. The fraction of sp³-hybridized carbons (Fsp3) is 0.226. The van der Waals surface area contributed by atoms with Gasteiger partial charge in [-0.3, -0.25) is 9.78 Å². The lowest BCUT2D eigenvalue weighted by molar-refractivity contribution is -0.116. The summed E-state index contributed by atoms with van der Waals surface area (Å²) in [5.74, 6) is 0.319. The Morgan fingerprint density at radius 1 is 1.02 bits per heavy atom. The van der Waals surface area contributed by atoms with E-state index in [-0.39, 0.29) is 23.8 Å². The van der Waals surface area contributed by atoms with Crippen molar-refractivity contribution in [3.63, 3.8) is 0 Å². The molecule has 0 fully saturated rings. The monoisotopic (exact) mass is 541 g/mol. The van der Waals surface area contributed by atoms with Gasteiger partial charge in [-0.05, 0) is 79.9 Å². The summed E-state index contributed by atoms with van der Waals surface area (Å²) < 4.78 is 18.8. The minimum absolute atomic E-state index is 0.210. The second kappa shape index (κ2) is 12.4.